The first kappa shape index (κ1) is 14.0. The molecule has 18 heavy (non-hydrogen) atoms. The molecule has 0 radical (unpaired) electrons. The summed E-state index contributed by atoms with van der Waals surface area (Å²) >= 11 is 0. The van der Waals surface area contributed by atoms with Crippen molar-refractivity contribution in [1.82, 2.24) is 4.90 Å². The second kappa shape index (κ2) is 5.32. The van der Waals surface area contributed by atoms with Gasteiger partial charge in [0, 0.05) is 23.9 Å². The van der Waals surface area contributed by atoms with E-state index in [0.717, 1.165) is 25.3 Å². The predicted octanol–water partition coefficient (Wildman–Crippen LogP) is 3.50. The molecule has 0 aromatic rings. The molecule has 0 aromatic heterocycles. The van der Waals surface area contributed by atoms with E-state index < -0.39 is 0 Å². The summed E-state index contributed by atoms with van der Waals surface area (Å²) in [6, 6.07) is 0.650. The Morgan fingerprint density at radius 1 is 1.22 bits per heavy atom. The van der Waals surface area contributed by atoms with Crippen molar-refractivity contribution in [3.63, 3.8) is 0 Å². The minimum atomic E-state index is -0.0758. The Morgan fingerprint density at radius 3 is 2.67 bits per heavy atom. The van der Waals surface area contributed by atoms with Crippen molar-refractivity contribution >= 4 is 5.78 Å². The Morgan fingerprint density at radius 2 is 1.94 bits per heavy atom. The Balaban J connectivity index is 1.98. The first-order valence-electron chi connectivity index (χ1n) is 7.70. The molecule has 2 fully saturated rings. The highest BCUT2D eigenvalue weighted by atomic mass is 16.1. The van der Waals surface area contributed by atoms with Gasteiger partial charge in [0.1, 0.15) is 5.78 Å². The zero-order valence-corrected chi connectivity index (χ0v) is 12.5. The van der Waals surface area contributed by atoms with Gasteiger partial charge in [0.2, 0.25) is 0 Å². The molecule has 2 rings (SSSR count). The van der Waals surface area contributed by atoms with Crippen LogP contribution in [0.15, 0.2) is 0 Å². The van der Waals surface area contributed by atoms with Crippen molar-refractivity contribution in [3.8, 4) is 0 Å². The molecule has 2 heteroatoms. The molecule has 1 aliphatic heterocycles. The van der Waals surface area contributed by atoms with Crippen LogP contribution in [0.2, 0.25) is 0 Å². The summed E-state index contributed by atoms with van der Waals surface area (Å²) in [5, 5.41) is 0. The molecule has 0 bridgehead atoms. The summed E-state index contributed by atoms with van der Waals surface area (Å²) < 4.78 is 0. The number of ketones is 1. The fraction of sp³-hybridized carbons (Fsp3) is 0.938. The average molecular weight is 251 g/mol. The highest BCUT2D eigenvalue weighted by Gasteiger charge is 2.38. The fourth-order valence-electron chi connectivity index (χ4n) is 3.73. The number of hydrogen-bond acceptors (Lipinski definition) is 2. The Labute approximate surface area is 112 Å². The summed E-state index contributed by atoms with van der Waals surface area (Å²) in [4.78, 5) is 15.0. The predicted molar refractivity (Wildman–Crippen MR) is 75.6 cm³/mol. The van der Waals surface area contributed by atoms with Crippen molar-refractivity contribution in [2.75, 3.05) is 13.1 Å². The maximum Gasteiger partial charge on any atom is 0.142 e. The number of piperidine rings is 1. The molecule has 3 unspecified atom stereocenters. The highest BCUT2D eigenvalue weighted by molar-refractivity contribution is 5.87. The first-order valence-corrected chi connectivity index (χ1v) is 7.70. The average Bonchev–Trinajstić information content (AvgIpc) is 2.31. The van der Waals surface area contributed by atoms with E-state index in [9.17, 15) is 4.79 Å². The minimum Gasteiger partial charge on any atom is -0.300 e. The van der Waals surface area contributed by atoms with E-state index in [1.165, 1.54) is 25.8 Å². The molecule has 0 N–H and O–H groups in total. The van der Waals surface area contributed by atoms with Gasteiger partial charge >= 0.3 is 0 Å². The maximum absolute atomic E-state index is 12.5. The molecule has 2 aliphatic rings. The van der Waals surface area contributed by atoms with Gasteiger partial charge < -0.3 is 0 Å². The number of nitrogens with zero attached hydrogens (tertiary/aromatic N) is 1. The summed E-state index contributed by atoms with van der Waals surface area (Å²) in [5.41, 5.74) is -0.0758. The maximum atomic E-state index is 12.5. The summed E-state index contributed by atoms with van der Waals surface area (Å²) in [7, 11) is 0. The van der Waals surface area contributed by atoms with Gasteiger partial charge in [0.15, 0.2) is 0 Å². The quantitative estimate of drug-likeness (QED) is 0.748. The van der Waals surface area contributed by atoms with Gasteiger partial charge in [-0.25, -0.2) is 0 Å². The highest BCUT2D eigenvalue weighted by Crippen LogP contribution is 2.36. The summed E-state index contributed by atoms with van der Waals surface area (Å²) in [6.07, 6.45) is 6.06. The van der Waals surface area contributed by atoms with Gasteiger partial charge in [0.05, 0.1) is 0 Å². The number of Topliss-reactive ketones (excluding diaryl/α,β-unsaturated/α-hetero) is 1. The molecule has 0 spiro atoms. The van der Waals surface area contributed by atoms with Crippen LogP contribution in [0.3, 0.4) is 0 Å². The molecular weight excluding hydrogens is 222 g/mol. The van der Waals surface area contributed by atoms with Crippen LogP contribution < -0.4 is 0 Å². The van der Waals surface area contributed by atoms with Crippen molar-refractivity contribution in [3.05, 3.63) is 0 Å². The summed E-state index contributed by atoms with van der Waals surface area (Å²) in [6.45, 7) is 11.1. The van der Waals surface area contributed by atoms with Crippen molar-refractivity contribution in [2.24, 2.45) is 17.3 Å². The van der Waals surface area contributed by atoms with E-state index in [0.29, 0.717) is 17.7 Å². The second-order valence-electron chi connectivity index (χ2n) is 7.19. The van der Waals surface area contributed by atoms with E-state index in [1.807, 2.05) is 0 Å². The van der Waals surface area contributed by atoms with Crippen LogP contribution in [0.5, 0.6) is 0 Å². The smallest absolute Gasteiger partial charge is 0.142 e. The molecule has 1 saturated heterocycles. The van der Waals surface area contributed by atoms with Crippen LogP contribution in [-0.2, 0) is 4.79 Å². The topological polar surface area (TPSA) is 20.3 Å². The third-order valence-electron chi connectivity index (χ3n) is 5.35. The monoisotopic (exact) mass is 251 g/mol. The zero-order valence-electron chi connectivity index (χ0n) is 12.5. The molecular formula is C16H29NO. The third-order valence-corrected chi connectivity index (χ3v) is 5.35. The molecule has 3 atom stereocenters. The molecule has 1 aliphatic carbocycles. The molecule has 2 nitrogen and oxygen atoms in total. The third kappa shape index (κ3) is 2.79. The number of hydrogen-bond donors (Lipinski definition) is 0. The number of rotatable bonds is 2. The fourth-order valence-corrected chi connectivity index (χ4v) is 3.73. The van der Waals surface area contributed by atoms with Gasteiger partial charge in [-0.3, -0.25) is 9.69 Å². The van der Waals surface area contributed by atoms with Crippen molar-refractivity contribution in [2.45, 2.75) is 65.8 Å². The standard InChI is InChI=1S/C16H29NO/c1-12-7-6-10-17(13(12)2)11-14-8-5-9-16(3,4)15(14)18/h12-14H,5-11H2,1-4H3. The Bertz CT molecular complexity index is 310. The van der Waals surface area contributed by atoms with E-state index >= 15 is 0 Å². The zero-order chi connectivity index (χ0) is 13.3. The van der Waals surface area contributed by atoms with Crippen LogP contribution in [-0.4, -0.2) is 29.8 Å². The van der Waals surface area contributed by atoms with Gasteiger partial charge in [-0.1, -0.05) is 27.2 Å². The number of carbonyl (C=O) groups is 1. The number of likely N-dealkylation sites (tertiary alicyclic amines) is 1. The van der Waals surface area contributed by atoms with Crippen molar-refractivity contribution in [1.29, 1.82) is 0 Å². The number of carbonyl (C=O) groups excluding carboxylic acids is 1. The largest absolute Gasteiger partial charge is 0.300 e. The molecule has 0 aromatic carbocycles. The lowest BCUT2D eigenvalue weighted by Crippen LogP contribution is -2.48. The van der Waals surface area contributed by atoms with Crippen LogP contribution >= 0.6 is 0 Å². The van der Waals surface area contributed by atoms with Gasteiger partial charge in [-0.15, -0.1) is 0 Å². The van der Waals surface area contributed by atoms with E-state index in [-0.39, 0.29) is 5.41 Å². The lowest BCUT2D eigenvalue weighted by atomic mass is 9.70. The SMILES string of the molecule is CC1CCCN(CC2CCCC(C)(C)C2=O)C1C. The minimum absolute atomic E-state index is 0.0758. The van der Waals surface area contributed by atoms with Crippen LogP contribution in [0.4, 0.5) is 0 Å². The van der Waals surface area contributed by atoms with Crippen LogP contribution in [0.25, 0.3) is 0 Å². The molecule has 1 saturated carbocycles. The van der Waals surface area contributed by atoms with E-state index in [2.05, 4.69) is 32.6 Å². The molecule has 104 valence electrons. The van der Waals surface area contributed by atoms with Gasteiger partial charge in [0.25, 0.3) is 0 Å². The van der Waals surface area contributed by atoms with E-state index in [1.54, 1.807) is 0 Å². The Kier molecular flexibility index (Phi) is 4.15. The van der Waals surface area contributed by atoms with Gasteiger partial charge in [-0.2, -0.15) is 0 Å². The van der Waals surface area contributed by atoms with Crippen LogP contribution in [0.1, 0.15) is 59.8 Å². The second-order valence-corrected chi connectivity index (χ2v) is 7.19. The Hall–Kier alpha value is -0.370. The first-order chi connectivity index (χ1) is 8.42. The molecule has 1 heterocycles. The van der Waals surface area contributed by atoms with Crippen LogP contribution in [0, 0.1) is 17.3 Å². The van der Waals surface area contributed by atoms with E-state index in [4.69, 9.17) is 0 Å². The lowest BCUT2D eigenvalue weighted by Gasteiger charge is -2.42. The van der Waals surface area contributed by atoms with Crippen molar-refractivity contribution < 1.29 is 4.79 Å². The molecule has 0 amide bonds. The summed E-state index contributed by atoms with van der Waals surface area (Å²) in [5.74, 6) is 1.59. The van der Waals surface area contributed by atoms with Gasteiger partial charge in [-0.05, 0) is 45.1 Å². The lowest BCUT2D eigenvalue weighted by molar-refractivity contribution is -0.135. The normalized spacial score (nSPS) is 37.8.